The molecule has 0 radical (unpaired) electrons. The van der Waals surface area contributed by atoms with Crippen molar-refractivity contribution in [2.45, 2.75) is 37.1 Å². The molecule has 1 aliphatic carbocycles. The topological polar surface area (TPSA) is 59.1 Å². The molecule has 1 heterocycles. The third kappa shape index (κ3) is 2.24. The van der Waals surface area contributed by atoms with Gasteiger partial charge in [0.15, 0.2) is 0 Å². The molecule has 0 unspecified atom stereocenters. The summed E-state index contributed by atoms with van der Waals surface area (Å²) in [6, 6.07) is 7.22. The van der Waals surface area contributed by atoms with Crippen LogP contribution in [0.2, 0.25) is 0 Å². The Morgan fingerprint density at radius 3 is 2.68 bits per heavy atom. The van der Waals surface area contributed by atoms with Crippen LogP contribution in [0.3, 0.4) is 0 Å². The maximum Gasteiger partial charge on any atom is 0.242 e. The van der Waals surface area contributed by atoms with Crippen LogP contribution in [0.25, 0.3) is 10.9 Å². The van der Waals surface area contributed by atoms with E-state index in [1.807, 2.05) is 19.9 Å². The summed E-state index contributed by atoms with van der Waals surface area (Å²) in [7, 11) is -3.50. The summed E-state index contributed by atoms with van der Waals surface area (Å²) in [5, 5.41) is 0.680. The van der Waals surface area contributed by atoms with E-state index in [1.54, 1.807) is 24.4 Å². The predicted octanol–water partition coefficient (Wildman–Crippen LogP) is 2.37. The maximum absolute atomic E-state index is 12.6. The van der Waals surface area contributed by atoms with E-state index in [2.05, 4.69) is 9.71 Å². The van der Waals surface area contributed by atoms with E-state index in [1.165, 1.54) is 0 Å². The molecule has 1 N–H and O–H groups in total. The molecule has 0 saturated heterocycles. The second-order valence-corrected chi connectivity index (χ2v) is 7.07. The van der Waals surface area contributed by atoms with Crippen LogP contribution < -0.4 is 4.72 Å². The largest absolute Gasteiger partial charge is 0.256 e. The van der Waals surface area contributed by atoms with Gasteiger partial charge >= 0.3 is 0 Å². The lowest BCUT2D eigenvalue weighted by atomic mass is 10.1. The fourth-order valence-electron chi connectivity index (χ4n) is 2.26. The van der Waals surface area contributed by atoms with E-state index >= 15 is 0 Å². The average Bonchev–Trinajstić information content (AvgIpc) is 3.05. The quantitative estimate of drug-likeness (QED) is 0.936. The molecule has 1 aromatic heterocycles. The van der Waals surface area contributed by atoms with Crippen molar-refractivity contribution in [1.29, 1.82) is 0 Å². The normalized spacial score (nSPS) is 17.6. The number of aromatic nitrogens is 1. The minimum Gasteiger partial charge on any atom is -0.256 e. The molecule has 0 aliphatic heterocycles. The van der Waals surface area contributed by atoms with Gasteiger partial charge in [0, 0.05) is 17.1 Å². The molecule has 3 rings (SSSR count). The molecule has 1 fully saturated rings. The van der Waals surface area contributed by atoms with Gasteiger partial charge in [-0.05, 0) is 50.5 Å². The SMILES string of the molecule is Cc1ccc2ncccc2c1S(=O)(=O)NC1(C)CC1. The highest BCUT2D eigenvalue weighted by atomic mass is 32.2. The number of benzene rings is 1. The van der Waals surface area contributed by atoms with Crippen molar-refractivity contribution < 1.29 is 8.42 Å². The van der Waals surface area contributed by atoms with Crippen LogP contribution in [0.4, 0.5) is 0 Å². The number of pyridine rings is 1. The monoisotopic (exact) mass is 276 g/mol. The van der Waals surface area contributed by atoms with Gasteiger partial charge in [0.2, 0.25) is 10.0 Å². The van der Waals surface area contributed by atoms with Crippen molar-refractivity contribution in [3.63, 3.8) is 0 Å². The fourth-order valence-corrected chi connectivity index (χ4v) is 4.17. The van der Waals surface area contributed by atoms with Gasteiger partial charge in [0.25, 0.3) is 0 Å². The van der Waals surface area contributed by atoms with Gasteiger partial charge in [-0.1, -0.05) is 6.07 Å². The highest BCUT2D eigenvalue weighted by molar-refractivity contribution is 7.89. The summed E-state index contributed by atoms with van der Waals surface area (Å²) in [5.74, 6) is 0. The number of fused-ring (bicyclic) bond motifs is 1. The van der Waals surface area contributed by atoms with E-state index in [0.717, 1.165) is 18.4 Å². The van der Waals surface area contributed by atoms with Gasteiger partial charge in [0.05, 0.1) is 10.4 Å². The first kappa shape index (κ1) is 12.6. The van der Waals surface area contributed by atoms with Crippen molar-refractivity contribution in [2.75, 3.05) is 0 Å². The van der Waals surface area contributed by atoms with Crippen LogP contribution in [-0.2, 0) is 10.0 Å². The van der Waals surface area contributed by atoms with Crippen LogP contribution in [0.5, 0.6) is 0 Å². The lowest BCUT2D eigenvalue weighted by molar-refractivity contribution is 0.558. The summed E-state index contributed by atoms with van der Waals surface area (Å²) < 4.78 is 28.0. The van der Waals surface area contributed by atoms with Crippen LogP contribution >= 0.6 is 0 Å². The summed E-state index contributed by atoms with van der Waals surface area (Å²) >= 11 is 0. The minimum atomic E-state index is -3.50. The summed E-state index contributed by atoms with van der Waals surface area (Å²) in [6.07, 6.45) is 3.46. The molecular weight excluding hydrogens is 260 g/mol. The van der Waals surface area contributed by atoms with Gasteiger partial charge < -0.3 is 0 Å². The Bertz CT molecular complexity index is 749. The Morgan fingerprint density at radius 2 is 2.00 bits per heavy atom. The first-order valence-electron chi connectivity index (χ1n) is 6.30. The van der Waals surface area contributed by atoms with Gasteiger partial charge in [0.1, 0.15) is 0 Å². The zero-order chi connectivity index (χ0) is 13.7. The Hall–Kier alpha value is -1.46. The summed E-state index contributed by atoms with van der Waals surface area (Å²) in [6.45, 7) is 3.75. The van der Waals surface area contributed by atoms with Gasteiger partial charge in [-0.3, -0.25) is 4.98 Å². The molecule has 2 aromatic rings. The standard InChI is InChI=1S/C14H16N2O2S/c1-10-5-6-12-11(4-3-9-15-12)13(10)19(17,18)16-14(2)7-8-14/h3-6,9,16H,7-8H2,1-2H3. The van der Waals surface area contributed by atoms with Gasteiger partial charge in [-0.2, -0.15) is 0 Å². The number of rotatable bonds is 3. The molecule has 0 amide bonds. The van der Waals surface area contributed by atoms with Crippen LogP contribution in [0.1, 0.15) is 25.3 Å². The molecule has 100 valence electrons. The molecule has 1 aliphatic rings. The predicted molar refractivity (Wildman–Crippen MR) is 74.4 cm³/mol. The fraction of sp³-hybridized carbons (Fsp3) is 0.357. The Kier molecular flexibility index (Phi) is 2.66. The van der Waals surface area contributed by atoms with Gasteiger partial charge in [-0.15, -0.1) is 0 Å². The van der Waals surface area contributed by atoms with Crippen molar-refractivity contribution in [2.24, 2.45) is 0 Å². The molecule has 1 aromatic carbocycles. The van der Waals surface area contributed by atoms with Gasteiger partial charge in [-0.25, -0.2) is 13.1 Å². The molecule has 0 spiro atoms. The third-order valence-electron chi connectivity index (χ3n) is 3.58. The molecule has 0 atom stereocenters. The molecule has 5 heteroatoms. The second-order valence-electron chi connectivity index (χ2n) is 5.45. The number of nitrogens with one attached hydrogen (secondary N) is 1. The molecule has 1 saturated carbocycles. The summed E-state index contributed by atoms with van der Waals surface area (Å²) in [5.41, 5.74) is 1.18. The first-order valence-corrected chi connectivity index (χ1v) is 7.78. The number of nitrogens with zero attached hydrogens (tertiary/aromatic N) is 1. The van der Waals surface area contributed by atoms with Crippen molar-refractivity contribution in [3.05, 3.63) is 36.0 Å². The Balaban J connectivity index is 2.21. The number of hydrogen-bond acceptors (Lipinski definition) is 3. The molecule has 19 heavy (non-hydrogen) atoms. The second kappa shape index (κ2) is 4.02. The van der Waals surface area contributed by atoms with Crippen molar-refractivity contribution >= 4 is 20.9 Å². The van der Waals surface area contributed by atoms with Crippen molar-refractivity contribution in [1.82, 2.24) is 9.71 Å². The molecular formula is C14H16N2O2S. The van der Waals surface area contributed by atoms with E-state index in [9.17, 15) is 8.42 Å². The summed E-state index contributed by atoms with van der Waals surface area (Å²) in [4.78, 5) is 4.57. The Labute approximate surface area is 112 Å². The number of sulfonamides is 1. The lowest BCUT2D eigenvalue weighted by Crippen LogP contribution is -2.34. The number of hydrogen-bond donors (Lipinski definition) is 1. The van der Waals surface area contributed by atoms with E-state index in [-0.39, 0.29) is 5.54 Å². The third-order valence-corrected chi connectivity index (χ3v) is 5.42. The average molecular weight is 276 g/mol. The lowest BCUT2D eigenvalue weighted by Gasteiger charge is -2.15. The minimum absolute atomic E-state index is 0.268. The highest BCUT2D eigenvalue weighted by Crippen LogP contribution is 2.37. The van der Waals surface area contributed by atoms with Crippen LogP contribution in [-0.4, -0.2) is 18.9 Å². The van der Waals surface area contributed by atoms with E-state index < -0.39 is 10.0 Å². The maximum atomic E-state index is 12.6. The van der Waals surface area contributed by atoms with Crippen LogP contribution in [0.15, 0.2) is 35.4 Å². The van der Waals surface area contributed by atoms with Crippen molar-refractivity contribution in [3.8, 4) is 0 Å². The van der Waals surface area contributed by atoms with Crippen LogP contribution in [0, 0.1) is 6.92 Å². The zero-order valence-electron chi connectivity index (χ0n) is 11.0. The molecule has 0 bridgehead atoms. The van der Waals surface area contributed by atoms with E-state index in [0.29, 0.717) is 15.8 Å². The van der Waals surface area contributed by atoms with E-state index in [4.69, 9.17) is 0 Å². The smallest absolute Gasteiger partial charge is 0.242 e. The Morgan fingerprint density at radius 1 is 1.26 bits per heavy atom. The highest BCUT2D eigenvalue weighted by Gasteiger charge is 2.41. The first-order chi connectivity index (χ1) is 8.91. The molecule has 4 nitrogen and oxygen atoms in total. The zero-order valence-corrected chi connectivity index (χ0v) is 11.8. The number of aryl methyl sites for hydroxylation is 1.